The Kier molecular flexibility index (Phi) is 6.15. The molecule has 0 radical (unpaired) electrons. The van der Waals surface area contributed by atoms with E-state index in [1.165, 1.54) is 5.56 Å². The van der Waals surface area contributed by atoms with E-state index in [1.54, 1.807) is 0 Å². The topological polar surface area (TPSA) is 33.1 Å². The first kappa shape index (κ1) is 22.6. The maximum atomic E-state index is 6.32. The van der Waals surface area contributed by atoms with Gasteiger partial charge in [0.25, 0.3) is 0 Å². The fourth-order valence-corrected chi connectivity index (χ4v) is 5.07. The first-order valence-corrected chi connectivity index (χ1v) is 12.3. The third-order valence-corrected chi connectivity index (χ3v) is 7.18. The average Bonchev–Trinajstić information content (AvgIpc) is 3.45. The molecule has 0 unspecified atom stereocenters. The molecule has 1 N–H and O–H groups in total. The van der Waals surface area contributed by atoms with Crippen molar-refractivity contribution >= 4 is 34.6 Å². The summed E-state index contributed by atoms with van der Waals surface area (Å²) in [6, 6.07) is 24.9. The minimum Gasteiger partial charge on any atom is -0.351 e. The van der Waals surface area contributed by atoms with Gasteiger partial charge in [-0.15, -0.1) is 0 Å². The van der Waals surface area contributed by atoms with Crippen molar-refractivity contribution in [3.8, 4) is 5.69 Å². The summed E-state index contributed by atoms with van der Waals surface area (Å²) in [5.41, 5.74) is 6.55. The molecule has 1 aliphatic heterocycles. The number of hydrogen-bond donors (Lipinski definition) is 1. The van der Waals surface area contributed by atoms with Crippen molar-refractivity contribution in [2.45, 2.75) is 38.8 Å². The second kappa shape index (κ2) is 9.24. The van der Waals surface area contributed by atoms with Crippen LogP contribution in [0.1, 0.15) is 54.4 Å². The Bertz CT molecular complexity index is 1310. The summed E-state index contributed by atoms with van der Waals surface area (Å²) in [6.07, 6.45) is 3.92. The molecule has 1 fully saturated rings. The number of nitrogens with zero attached hydrogens (tertiary/aromatic N) is 3. The lowest BCUT2D eigenvalue weighted by atomic mass is 9.99. The van der Waals surface area contributed by atoms with Gasteiger partial charge in [-0.2, -0.15) is 0 Å². The first-order valence-electron chi connectivity index (χ1n) is 11.5. The third kappa shape index (κ3) is 4.10. The smallest absolute Gasteiger partial charge is 0.174 e. The molecule has 0 bridgehead atoms. The monoisotopic (exact) mass is 486 g/mol. The highest BCUT2D eigenvalue weighted by Gasteiger charge is 2.42. The molecule has 0 aliphatic carbocycles. The number of aryl methyl sites for hydroxylation is 1. The van der Waals surface area contributed by atoms with E-state index >= 15 is 0 Å². The maximum absolute atomic E-state index is 6.32. The van der Waals surface area contributed by atoms with E-state index < -0.39 is 0 Å². The van der Waals surface area contributed by atoms with E-state index in [0.717, 1.165) is 33.3 Å². The molecule has 4 aromatic rings. The Morgan fingerprint density at radius 3 is 2.41 bits per heavy atom. The van der Waals surface area contributed by atoms with Gasteiger partial charge in [0.2, 0.25) is 0 Å². The molecule has 2 aromatic heterocycles. The standard InChI is InChI=1S/C28H27ClN4S/c1-18(2)20-9-11-21(12-10-20)33-27(26(31-28(33)34)24-7-4-5-15-30-24)25-8-6-16-32(25)22-13-14-23(29)19(3)17-22/h4-18,26-27H,1-3H3,(H,31,34)/t26-,27-/m1/s1. The van der Waals surface area contributed by atoms with Gasteiger partial charge >= 0.3 is 0 Å². The second-order valence-electron chi connectivity index (χ2n) is 8.98. The molecule has 172 valence electrons. The lowest BCUT2D eigenvalue weighted by Gasteiger charge is -2.29. The highest BCUT2D eigenvalue weighted by molar-refractivity contribution is 7.80. The van der Waals surface area contributed by atoms with Crippen molar-refractivity contribution < 1.29 is 0 Å². The van der Waals surface area contributed by atoms with E-state index in [9.17, 15) is 0 Å². The first-order chi connectivity index (χ1) is 16.4. The predicted molar refractivity (Wildman–Crippen MR) is 144 cm³/mol. The van der Waals surface area contributed by atoms with Gasteiger partial charge in [0, 0.05) is 34.5 Å². The Labute approximate surface area is 211 Å². The largest absolute Gasteiger partial charge is 0.351 e. The maximum Gasteiger partial charge on any atom is 0.174 e. The summed E-state index contributed by atoms with van der Waals surface area (Å²) in [4.78, 5) is 6.89. The van der Waals surface area contributed by atoms with Crippen LogP contribution in [-0.4, -0.2) is 14.7 Å². The number of aromatic nitrogens is 2. The zero-order valence-corrected chi connectivity index (χ0v) is 21.0. The lowest BCUT2D eigenvalue weighted by Crippen LogP contribution is -2.30. The molecule has 6 heteroatoms. The second-order valence-corrected chi connectivity index (χ2v) is 9.77. The summed E-state index contributed by atoms with van der Waals surface area (Å²) < 4.78 is 2.22. The van der Waals surface area contributed by atoms with Crippen molar-refractivity contribution in [1.29, 1.82) is 0 Å². The van der Waals surface area contributed by atoms with Crippen LogP contribution in [0, 0.1) is 6.92 Å². The molecule has 2 aromatic carbocycles. The van der Waals surface area contributed by atoms with Gasteiger partial charge in [-0.1, -0.05) is 43.6 Å². The van der Waals surface area contributed by atoms with E-state index in [2.05, 4.69) is 94.4 Å². The van der Waals surface area contributed by atoms with Gasteiger partial charge < -0.3 is 14.8 Å². The van der Waals surface area contributed by atoms with Crippen molar-refractivity contribution in [2.75, 3.05) is 4.90 Å². The fraction of sp³-hybridized carbons (Fsp3) is 0.214. The number of pyridine rings is 1. The van der Waals surface area contributed by atoms with Crippen molar-refractivity contribution in [2.24, 2.45) is 0 Å². The summed E-state index contributed by atoms with van der Waals surface area (Å²) >= 11 is 12.2. The Balaban J connectivity index is 1.64. The van der Waals surface area contributed by atoms with Crippen molar-refractivity contribution in [1.82, 2.24) is 14.9 Å². The molecular formula is C28H27ClN4S. The molecule has 34 heavy (non-hydrogen) atoms. The molecule has 2 atom stereocenters. The van der Waals surface area contributed by atoms with Crippen LogP contribution in [0.3, 0.4) is 0 Å². The van der Waals surface area contributed by atoms with Gasteiger partial charge in [-0.3, -0.25) is 4.98 Å². The Hall–Kier alpha value is -3.15. The van der Waals surface area contributed by atoms with E-state index in [0.29, 0.717) is 11.0 Å². The van der Waals surface area contributed by atoms with Gasteiger partial charge in [0.15, 0.2) is 5.11 Å². The fourth-order valence-electron chi connectivity index (χ4n) is 4.60. The average molecular weight is 487 g/mol. The van der Waals surface area contributed by atoms with Crippen LogP contribution < -0.4 is 10.2 Å². The van der Waals surface area contributed by atoms with Gasteiger partial charge in [-0.05, 0) is 90.8 Å². The zero-order chi connectivity index (χ0) is 23.8. The van der Waals surface area contributed by atoms with Crippen LogP contribution in [0.4, 0.5) is 5.69 Å². The molecule has 5 rings (SSSR count). The van der Waals surface area contributed by atoms with E-state index in [-0.39, 0.29) is 12.1 Å². The van der Waals surface area contributed by atoms with Crippen molar-refractivity contribution in [3.63, 3.8) is 0 Å². The van der Waals surface area contributed by atoms with Crippen LogP contribution in [-0.2, 0) is 0 Å². The molecule has 1 aliphatic rings. The molecule has 4 nitrogen and oxygen atoms in total. The van der Waals surface area contributed by atoms with Crippen LogP contribution >= 0.6 is 23.8 Å². The Morgan fingerprint density at radius 1 is 0.971 bits per heavy atom. The number of hydrogen-bond acceptors (Lipinski definition) is 2. The van der Waals surface area contributed by atoms with Crippen molar-refractivity contribution in [3.05, 3.63) is 113 Å². The normalized spacial score (nSPS) is 17.9. The van der Waals surface area contributed by atoms with Gasteiger partial charge in [0.05, 0.1) is 11.7 Å². The number of halogens is 1. The molecule has 1 saturated heterocycles. The van der Waals surface area contributed by atoms with Gasteiger partial charge in [-0.25, -0.2) is 0 Å². The minimum absolute atomic E-state index is 0.0849. The molecular weight excluding hydrogens is 460 g/mol. The van der Waals surface area contributed by atoms with E-state index in [1.807, 2.05) is 31.3 Å². The molecule has 3 heterocycles. The zero-order valence-electron chi connectivity index (χ0n) is 19.4. The van der Waals surface area contributed by atoms with Crippen LogP contribution in [0.15, 0.2) is 85.2 Å². The predicted octanol–water partition coefficient (Wildman–Crippen LogP) is 7.13. The SMILES string of the molecule is Cc1cc(-n2cccc2[C@@H]2[C@@H](c3ccccn3)NC(=S)N2c2ccc(C(C)C)cc2)ccc1Cl. The molecule has 0 spiro atoms. The summed E-state index contributed by atoms with van der Waals surface area (Å²) in [7, 11) is 0. The third-order valence-electron chi connectivity index (χ3n) is 6.44. The summed E-state index contributed by atoms with van der Waals surface area (Å²) in [6.45, 7) is 6.44. The van der Waals surface area contributed by atoms with Crippen LogP contribution in [0.25, 0.3) is 5.69 Å². The lowest BCUT2D eigenvalue weighted by molar-refractivity contribution is 0.549. The molecule has 0 amide bonds. The van der Waals surface area contributed by atoms with Crippen LogP contribution in [0.5, 0.6) is 0 Å². The number of anilines is 1. The van der Waals surface area contributed by atoms with Gasteiger partial charge in [0.1, 0.15) is 6.04 Å². The highest BCUT2D eigenvalue weighted by atomic mass is 35.5. The highest BCUT2D eigenvalue weighted by Crippen LogP contribution is 2.42. The summed E-state index contributed by atoms with van der Waals surface area (Å²) in [5.74, 6) is 0.472. The quantitative estimate of drug-likeness (QED) is 0.304. The Morgan fingerprint density at radius 2 is 1.74 bits per heavy atom. The number of benzene rings is 2. The number of nitrogens with one attached hydrogen (secondary N) is 1. The summed E-state index contributed by atoms with van der Waals surface area (Å²) in [5, 5.41) is 5.01. The number of thiocarbonyl (C=S) groups is 1. The molecule has 0 saturated carbocycles. The van der Waals surface area contributed by atoms with E-state index in [4.69, 9.17) is 23.8 Å². The van der Waals surface area contributed by atoms with Crippen LogP contribution in [0.2, 0.25) is 5.02 Å². The minimum atomic E-state index is -0.0967. The number of rotatable bonds is 5.